The summed E-state index contributed by atoms with van der Waals surface area (Å²) in [5, 5.41) is 3.21. The minimum atomic E-state index is -3.08. The lowest BCUT2D eigenvalue weighted by Crippen LogP contribution is -2.43. The number of morpholine rings is 1. The van der Waals surface area contributed by atoms with Gasteiger partial charge in [-0.2, -0.15) is 8.78 Å². The molecule has 2 atom stereocenters. The highest BCUT2D eigenvalue weighted by molar-refractivity contribution is 5.41. The quantitative estimate of drug-likeness (QED) is 0.862. The molecule has 2 aromatic rings. The van der Waals surface area contributed by atoms with E-state index in [1.54, 1.807) is 0 Å². The number of rotatable bonds is 6. The third-order valence-corrected chi connectivity index (χ3v) is 3.80. The van der Waals surface area contributed by atoms with Gasteiger partial charge in [0.2, 0.25) is 0 Å². The van der Waals surface area contributed by atoms with Crippen molar-refractivity contribution in [1.82, 2.24) is 5.32 Å². The van der Waals surface area contributed by atoms with Crippen molar-refractivity contribution in [2.75, 3.05) is 19.7 Å². The third kappa shape index (κ3) is 4.64. The molecule has 0 bridgehead atoms. The van der Waals surface area contributed by atoms with Crippen LogP contribution < -0.4 is 14.8 Å². The van der Waals surface area contributed by atoms with Gasteiger partial charge in [-0.25, -0.2) is 4.39 Å². The van der Waals surface area contributed by atoms with Crippen LogP contribution in [-0.2, 0) is 4.74 Å². The van der Waals surface area contributed by atoms with Gasteiger partial charge >= 0.3 is 6.61 Å². The maximum Gasteiger partial charge on any atom is 0.387 e. The topological polar surface area (TPSA) is 39.7 Å². The summed E-state index contributed by atoms with van der Waals surface area (Å²) in [6.07, 6.45) is -0.875. The molecule has 3 rings (SSSR count). The fourth-order valence-corrected chi connectivity index (χ4v) is 2.69. The summed E-state index contributed by atoms with van der Waals surface area (Å²) in [6, 6.07) is 12.6. The monoisotopic (exact) mass is 353 g/mol. The van der Waals surface area contributed by atoms with Crippen molar-refractivity contribution < 1.29 is 27.4 Å². The predicted molar refractivity (Wildman–Crippen MR) is 85.5 cm³/mol. The molecule has 1 aliphatic rings. The first-order valence-electron chi connectivity index (χ1n) is 7.92. The molecular formula is C18H18F3NO3. The van der Waals surface area contributed by atoms with Crippen LogP contribution in [0.4, 0.5) is 13.2 Å². The van der Waals surface area contributed by atoms with Gasteiger partial charge in [-0.15, -0.1) is 0 Å². The average Bonchev–Trinajstić information content (AvgIpc) is 2.62. The number of benzene rings is 2. The molecule has 25 heavy (non-hydrogen) atoms. The maximum absolute atomic E-state index is 13.4. The molecule has 0 spiro atoms. The van der Waals surface area contributed by atoms with Crippen molar-refractivity contribution in [2.45, 2.75) is 18.8 Å². The average molecular weight is 353 g/mol. The maximum atomic E-state index is 13.4. The van der Waals surface area contributed by atoms with Gasteiger partial charge < -0.3 is 19.5 Å². The molecule has 2 aromatic carbocycles. The SMILES string of the molecule is Fc1ccc(OC(c2ccccc2)C2CNCCO2)c(OC(F)F)c1. The second-order valence-corrected chi connectivity index (χ2v) is 5.53. The molecule has 0 aromatic heterocycles. The summed E-state index contributed by atoms with van der Waals surface area (Å²) in [4.78, 5) is 0. The zero-order valence-electron chi connectivity index (χ0n) is 13.3. The van der Waals surface area contributed by atoms with Crippen molar-refractivity contribution in [1.29, 1.82) is 0 Å². The second-order valence-electron chi connectivity index (χ2n) is 5.53. The third-order valence-electron chi connectivity index (χ3n) is 3.80. The normalized spacial score (nSPS) is 18.8. The lowest BCUT2D eigenvalue weighted by molar-refractivity contribution is -0.0600. The van der Waals surface area contributed by atoms with Gasteiger partial charge in [-0.1, -0.05) is 30.3 Å². The lowest BCUT2D eigenvalue weighted by atomic mass is 10.0. The lowest BCUT2D eigenvalue weighted by Gasteiger charge is -2.32. The zero-order valence-corrected chi connectivity index (χ0v) is 13.3. The molecule has 4 nitrogen and oxygen atoms in total. The van der Waals surface area contributed by atoms with Crippen molar-refractivity contribution in [3.05, 3.63) is 59.9 Å². The van der Waals surface area contributed by atoms with Crippen LogP contribution in [0.1, 0.15) is 11.7 Å². The van der Waals surface area contributed by atoms with Gasteiger partial charge in [0.05, 0.1) is 6.61 Å². The Balaban J connectivity index is 1.90. The Hall–Kier alpha value is -2.25. The molecule has 0 radical (unpaired) electrons. The molecule has 1 fully saturated rings. The van der Waals surface area contributed by atoms with Crippen molar-refractivity contribution in [3.8, 4) is 11.5 Å². The van der Waals surface area contributed by atoms with Crippen LogP contribution in [-0.4, -0.2) is 32.4 Å². The van der Waals surface area contributed by atoms with E-state index >= 15 is 0 Å². The Morgan fingerprint density at radius 2 is 1.84 bits per heavy atom. The molecule has 1 N–H and O–H groups in total. The van der Waals surface area contributed by atoms with Crippen molar-refractivity contribution in [3.63, 3.8) is 0 Å². The fraction of sp³-hybridized carbons (Fsp3) is 0.333. The molecule has 134 valence electrons. The summed E-state index contributed by atoms with van der Waals surface area (Å²) in [5.74, 6) is -1.00. The molecule has 1 saturated heterocycles. The van der Waals surface area contributed by atoms with E-state index in [1.165, 1.54) is 6.07 Å². The summed E-state index contributed by atoms with van der Waals surface area (Å²) >= 11 is 0. The molecular weight excluding hydrogens is 335 g/mol. The Kier molecular flexibility index (Phi) is 5.78. The Morgan fingerprint density at radius 1 is 1.04 bits per heavy atom. The van der Waals surface area contributed by atoms with Crippen LogP contribution in [0.3, 0.4) is 0 Å². The second kappa shape index (κ2) is 8.22. The number of hydrogen-bond donors (Lipinski definition) is 1. The van der Waals surface area contributed by atoms with Gasteiger partial charge in [0.25, 0.3) is 0 Å². The van der Waals surface area contributed by atoms with Crippen molar-refractivity contribution >= 4 is 0 Å². The summed E-state index contributed by atoms with van der Waals surface area (Å²) in [7, 11) is 0. The first-order chi connectivity index (χ1) is 12.1. The van der Waals surface area contributed by atoms with Gasteiger partial charge in [0.15, 0.2) is 17.6 Å². The number of ether oxygens (including phenoxy) is 3. The summed E-state index contributed by atoms with van der Waals surface area (Å²) in [5.41, 5.74) is 0.823. The summed E-state index contributed by atoms with van der Waals surface area (Å²) < 4.78 is 54.7. The summed E-state index contributed by atoms with van der Waals surface area (Å²) in [6.45, 7) is -1.28. The van der Waals surface area contributed by atoms with Crippen LogP contribution in [0.25, 0.3) is 0 Å². The highest BCUT2D eigenvalue weighted by atomic mass is 19.3. The number of nitrogens with one attached hydrogen (secondary N) is 1. The Morgan fingerprint density at radius 3 is 2.52 bits per heavy atom. The molecule has 0 saturated carbocycles. The highest BCUT2D eigenvalue weighted by Crippen LogP contribution is 2.35. The first kappa shape index (κ1) is 17.6. The van der Waals surface area contributed by atoms with Gasteiger partial charge in [0.1, 0.15) is 11.9 Å². The van der Waals surface area contributed by atoms with Gasteiger partial charge in [0, 0.05) is 19.2 Å². The van der Waals surface area contributed by atoms with Gasteiger partial charge in [-0.05, 0) is 17.7 Å². The first-order valence-corrected chi connectivity index (χ1v) is 7.92. The van der Waals surface area contributed by atoms with E-state index in [0.29, 0.717) is 13.2 Å². The van der Waals surface area contributed by atoms with E-state index < -0.39 is 18.5 Å². The van der Waals surface area contributed by atoms with Crippen LogP contribution in [0.15, 0.2) is 48.5 Å². The zero-order chi connectivity index (χ0) is 17.6. The van der Waals surface area contributed by atoms with E-state index in [1.807, 2.05) is 30.3 Å². The van der Waals surface area contributed by atoms with Gasteiger partial charge in [-0.3, -0.25) is 0 Å². The molecule has 2 unspecified atom stereocenters. The molecule has 7 heteroatoms. The minimum absolute atomic E-state index is 0.0322. The molecule has 0 aliphatic carbocycles. The standard InChI is InChI=1S/C18H18F3NO3/c19-13-6-7-14(15(10-13)25-18(20)21)24-17(12-4-2-1-3-5-12)16-11-22-8-9-23-16/h1-7,10,16-18,22H,8-9,11H2. The molecule has 1 aliphatic heterocycles. The highest BCUT2D eigenvalue weighted by Gasteiger charge is 2.29. The van der Waals surface area contributed by atoms with E-state index in [0.717, 1.165) is 24.2 Å². The van der Waals surface area contributed by atoms with E-state index in [-0.39, 0.29) is 17.6 Å². The van der Waals surface area contributed by atoms with E-state index in [4.69, 9.17) is 9.47 Å². The number of halogens is 3. The van der Waals surface area contributed by atoms with Crippen LogP contribution in [0.2, 0.25) is 0 Å². The van der Waals surface area contributed by atoms with E-state index in [2.05, 4.69) is 10.1 Å². The van der Waals surface area contributed by atoms with E-state index in [9.17, 15) is 13.2 Å². The molecule has 1 heterocycles. The van der Waals surface area contributed by atoms with Crippen LogP contribution in [0.5, 0.6) is 11.5 Å². The predicted octanol–water partition coefficient (Wildman–Crippen LogP) is 3.54. The Labute approximate surface area is 143 Å². The minimum Gasteiger partial charge on any atom is -0.479 e. The van der Waals surface area contributed by atoms with Crippen LogP contribution in [0, 0.1) is 5.82 Å². The van der Waals surface area contributed by atoms with Crippen molar-refractivity contribution in [2.24, 2.45) is 0 Å². The largest absolute Gasteiger partial charge is 0.479 e. The fourth-order valence-electron chi connectivity index (χ4n) is 2.69. The Bertz CT molecular complexity index is 679. The number of alkyl halides is 2. The smallest absolute Gasteiger partial charge is 0.387 e. The molecule has 0 amide bonds. The van der Waals surface area contributed by atoms with Crippen LogP contribution >= 0.6 is 0 Å². The number of hydrogen-bond acceptors (Lipinski definition) is 4.